The summed E-state index contributed by atoms with van der Waals surface area (Å²) in [4.78, 5) is 8.21. The molecule has 0 spiro atoms. The molecule has 0 radical (unpaired) electrons. The molecule has 3 aliphatic heterocycles. The van der Waals surface area contributed by atoms with Crippen molar-refractivity contribution in [2.45, 2.75) is 174 Å². The molecule has 3 heterocycles. The Bertz CT molecular complexity index is 3670. The summed E-state index contributed by atoms with van der Waals surface area (Å²) in [5.41, 5.74) is 25.3. The van der Waals surface area contributed by atoms with Gasteiger partial charge >= 0.3 is 0 Å². The van der Waals surface area contributed by atoms with Gasteiger partial charge in [0.2, 0.25) is 0 Å². The summed E-state index contributed by atoms with van der Waals surface area (Å²) >= 11 is 0. The van der Waals surface area contributed by atoms with Crippen molar-refractivity contribution in [3.05, 3.63) is 209 Å². The first kappa shape index (κ1) is 52.9. The molecule has 12 rings (SSSR count). The van der Waals surface area contributed by atoms with Crippen LogP contribution in [0.3, 0.4) is 0 Å². The zero-order valence-corrected chi connectivity index (χ0v) is 50.4. The predicted octanol–water partition coefficient (Wildman–Crippen LogP) is 18.7. The molecule has 3 nitrogen and oxygen atoms in total. The summed E-state index contributed by atoms with van der Waals surface area (Å²) in [6.45, 7) is 37.9. The SMILES string of the molecule is CC(C)(C)c1ccc(N2c3ccc(C(C)(C)C)cc3B3c4ccc(C(C)(C)C)cc4N(c4ccc(C(C)(C)C)cc4-c4ccccc4)c4cc(N5c6ccc(C(C)(C)C)cc6C6(c7ccccc7)CCCCC56C)cc2c43)cc1. The minimum Gasteiger partial charge on any atom is -0.334 e. The van der Waals surface area contributed by atoms with Gasteiger partial charge in [-0.15, -0.1) is 0 Å². The van der Waals surface area contributed by atoms with Crippen LogP contribution >= 0.6 is 0 Å². The molecule has 1 saturated carbocycles. The average molecular weight is 1040 g/mol. The van der Waals surface area contributed by atoms with Crippen molar-refractivity contribution in [3.8, 4) is 11.1 Å². The van der Waals surface area contributed by atoms with Crippen molar-refractivity contribution in [2.24, 2.45) is 0 Å². The van der Waals surface area contributed by atoms with Gasteiger partial charge in [0.05, 0.1) is 11.2 Å². The summed E-state index contributed by atoms with van der Waals surface area (Å²) in [5.74, 6) is 0. The second-order valence-electron chi connectivity index (χ2n) is 29.3. The van der Waals surface area contributed by atoms with E-state index < -0.39 is 0 Å². The van der Waals surface area contributed by atoms with E-state index >= 15 is 0 Å². The molecule has 2 atom stereocenters. The van der Waals surface area contributed by atoms with Crippen LogP contribution in [-0.2, 0) is 32.5 Å². The van der Waals surface area contributed by atoms with E-state index in [1.165, 1.54) is 125 Å². The molecule has 2 unspecified atom stereocenters. The van der Waals surface area contributed by atoms with Crippen LogP contribution in [0.15, 0.2) is 170 Å². The number of fused-ring (bicyclic) bond motifs is 7. The lowest BCUT2D eigenvalue weighted by atomic mass is 9.33. The molecule has 0 N–H and O–H groups in total. The van der Waals surface area contributed by atoms with Crippen LogP contribution in [0.5, 0.6) is 0 Å². The van der Waals surface area contributed by atoms with Crippen LogP contribution in [0.1, 0.15) is 175 Å². The zero-order valence-electron chi connectivity index (χ0n) is 50.4. The van der Waals surface area contributed by atoms with Gasteiger partial charge in [0, 0.05) is 50.8 Å². The summed E-state index contributed by atoms with van der Waals surface area (Å²) in [5, 5.41) is 0. The van der Waals surface area contributed by atoms with Crippen molar-refractivity contribution in [3.63, 3.8) is 0 Å². The Morgan fingerprint density at radius 3 is 1.48 bits per heavy atom. The van der Waals surface area contributed by atoms with Gasteiger partial charge in [0.15, 0.2) is 0 Å². The lowest BCUT2D eigenvalue weighted by molar-refractivity contribution is 0.215. The van der Waals surface area contributed by atoms with Gasteiger partial charge in [-0.3, -0.25) is 0 Å². The maximum atomic E-state index is 2.85. The molecule has 0 aromatic heterocycles. The van der Waals surface area contributed by atoms with Crippen molar-refractivity contribution in [2.75, 3.05) is 14.7 Å². The van der Waals surface area contributed by atoms with Gasteiger partial charge in [-0.2, -0.15) is 0 Å². The third kappa shape index (κ3) is 8.43. The van der Waals surface area contributed by atoms with Gasteiger partial charge < -0.3 is 14.7 Å². The third-order valence-corrected chi connectivity index (χ3v) is 18.9. The second-order valence-corrected chi connectivity index (χ2v) is 29.3. The van der Waals surface area contributed by atoms with Gasteiger partial charge in [0.1, 0.15) is 0 Å². The first-order valence-corrected chi connectivity index (χ1v) is 29.6. The molecule has 79 heavy (non-hydrogen) atoms. The zero-order chi connectivity index (χ0) is 56.0. The molecule has 8 aromatic carbocycles. The Hall–Kier alpha value is -6.78. The average Bonchev–Trinajstić information content (AvgIpc) is 2.60. The van der Waals surface area contributed by atoms with Crippen molar-refractivity contribution >= 4 is 68.6 Å². The van der Waals surface area contributed by atoms with Gasteiger partial charge in [-0.05, 0) is 162 Å². The molecule has 0 saturated heterocycles. The first-order chi connectivity index (χ1) is 37.2. The van der Waals surface area contributed by atoms with E-state index in [1.54, 1.807) is 0 Å². The standard InChI is InChI=1S/C75H84BN3/c1-69(2,3)50-29-35-56(36-30-50)77-64-40-34-54(72(10,11)12)45-61(64)76-60-37-31-55(73(13,14)15)46-65(60)78(62-38-32-52(70(4,5)6)43-58(62)49-25-19-17-20-26-49)67-48-57(47-66(77)68(67)76)79-63-39-33-53(71(7,8)9)44-59(63)75(51-27-21-18-22-28-51)42-24-23-41-74(75,79)16/h17-22,25-40,43-48H,23-24,41-42H2,1-16H3. The fourth-order valence-electron chi connectivity index (χ4n) is 14.4. The summed E-state index contributed by atoms with van der Waals surface area (Å²) < 4.78 is 0. The topological polar surface area (TPSA) is 9.72 Å². The number of benzene rings is 8. The number of anilines is 8. The Labute approximate surface area is 475 Å². The molecule has 4 aliphatic rings. The smallest absolute Gasteiger partial charge is 0.252 e. The highest BCUT2D eigenvalue weighted by atomic mass is 15.3. The Balaban J connectivity index is 1.25. The maximum Gasteiger partial charge on any atom is 0.252 e. The van der Waals surface area contributed by atoms with Gasteiger partial charge in [-0.25, -0.2) is 0 Å². The summed E-state index contributed by atoms with van der Waals surface area (Å²) in [7, 11) is 0. The Morgan fingerprint density at radius 2 is 0.873 bits per heavy atom. The number of nitrogens with zero attached hydrogens (tertiary/aromatic N) is 3. The van der Waals surface area contributed by atoms with E-state index in [-0.39, 0.29) is 44.7 Å². The van der Waals surface area contributed by atoms with Crippen LogP contribution in [0.4, 0.5) is 45.5 Å². The van der Waals surface area contributed by atoms with Gasteiger partial charge in [0.25, 0.3) is 6.71 Å². The molecule has 0 amide bonds. The molecule has 1 fully saturated rings. The van der Waals surface area contributed by atoms with E-state index in [9.17, 15) is 0 Å². The van der Waals surface area contributed by atoms with E-state index in [1.807, 2.05) is 0 Å². The normalized spacial score (nSPS) is 18.9. The van der Waals surface area contributed by atoms with Crippen molar-refractivity contribution < 1.29 is 0 Å². The van der Waals surface area contributed by atoms with Crippen LogP contribution in [-0.4, -0.2) is 12.3 Å². The third-order valence-electron chi connectivity index (χ3n) is 18.9. The fourth-order valence-corrected chi connectivity index (χ4v) is 14.4. The van der Waals surface area contributed by atoms with E-state index in [0.717, 1.165) is 12.8 Å². The Morgan fingerprint density at radius 1 is 0.380 bits per heavy atom. The molecule has 8 aromatic rings. The number of rotatable bonds is 5. The van der Waals surface area contributed by atoms with E-state index in [2.05, 4.69) is 295 Å². The first-order valence-electron chi connectivity index (χ1n) is 29.6. The van der Waals surface area contributed by atoms with E-state index in [4.69, 9.17) is 0 Å². The van der Waals surface area contributed by atoms with Crippen LogP contribution in [0.2, 0.25) is 0 Å². The highest BCUT2D eigenvalue weighted by molar-refractivity contribution is 7.00. The quantitative estimate of drug-likeness (QED) is 0.159. The number of hydrogen-bond acceptors (Lipinski definition) is 3. The summed E-state index contributed by atoms with van der Waals surface area (Å²) in [6, 6.07) is 67.5. The summed E-state index contributed by atoms with van der Waals surface area (Å²) in [6.07, 6.45) is 4.53. The lowest BCUT2D eigenvalue weighted by Crippen LogP contribution is -2.62. The van der Waals surface area contributed by atoms with Crippen LogP contribution in [0.25, 0.3) is 11.1 Å². The minimum absolute atomic E-state index is 0.00985. The van der Waals surface area contributed by atoms with Crippen molar-refractivity contribution in [1.82, 2.24) is 0 Å². The Kier molecular flexibility index (Phi) is 12.1. The molecule has 0 bridgehead atoms. The highest BCUT2D eigenvalue weighted by Gasteiger charge is 2.61. The lowest BCUT2D eigenvalue weighted by Gasteiger charge is -2.53. The second kappa shape index (κ2) is 18.1. The fraction of sp³-hybridized carbons (Fsp3) is 0.360. The molecule has 402 valence electrons. The molecular formula is C75H84BN3. The maximum absolute atomic E-state index is 2.85. The van der Waals surface area contributed by atoms with Crippen molar-refractivity contribution in [1.29, 1.82) is 0 Å². The van der Waals surface area contributed by atoms with Crippen LogP contribution < -0.4 is 31.1 Å². The van der Waals surface area contributed by atoms with Crippen LogP contribution in [0, 0.1) is 0 Å². The minimum atomic E-state index is -0.292. The monoisotopic (exact) mass is 1040 g/mol. The van der Waals surface area contributed by atoms with E-state index in [0.29, 0.717) is 0 Å². The molecule has 4 heteroatoms. The van der Waals surface area contributed by atoms with Gasteiger partial charge in [-0.1, -0.05) is 232 Å². The largest absolute Gasteiger partial charge is 0.334 e. The predicted molar refractivity (Wildman–Crippen MR) is 342 cm³/mol. The highest BCUT2D eigenvalue weighted by Crippen LogP contribution is 2.65. The molecule has 1 aliphatic carbocycles. The molecular weight excluding hydrogens is 954 g/mol. The number of hydrogen-bond donors (Lipinski definition) is 0.